The average molecular weight is 392 g/mol. The molecule has 8 heteroatoms. The standard InChI is InChI=1S/C20H20N6OS/c1-2-3-9-17-24-25-20(28-17)23-19(27)16-10-15-12-22-26(18(15)21-11-16)13-14-7-5-4-6-8-14/h4-8,10-12H,2-3,9,13H2,1H3,(H,23,25,27). The zero-order valence-electron chi connectivity index (χ0n) is 15.5. The lowest BCUT2D eigenvalue weighted by molar-refractivity contribution is 0.102. The summed E-state index contributed by atoms with van der Waals surface area (Å²) in [6, 6.07) is 11.9. The summed E-state index contributed by atoms with van der Waals surface area (Å²) in [5.74, 6) is -0.247. The predicted octanol–water partition coefficient (Wildman–Crippen LogP) is 3.93. The van der Waals surface area contributed by atoms with Crippen LogP contribution in [0.15, 0.2) is 48.8 Å². The zero-order chi connectivity index (χ0) is 19.3. The maximum Gasteiger partial charge on any atom is 0.259 e. The van der Waals surface area contributed by atoms with E-state index >= 15 is 0 Å². The minimum Gasteiger partial charge on any atom is -0.296 e. The molecular weight excluding hydrogens is 372 g/mol. The third-order valence-electron chi connectivity index (χ3n) is 4.34. The summed E-state index contributed by atoms with van der Waals surface area (Å²) in [5, 5.41) is 17.7. The van der Waals surface area contributed by atoms with Gasteiger partial charge < -0.3 is 0 Å². The number of unbranched alkanes of at least 4 members (excludes halogenated alkanes) is 1. The van der Waals surface area contributed by atoms with Crippen LogP contribution in [0.25, 0.3) is 11.0 Å². The Kier molecular flexibility index (Phi) is 5.38. The number of rotatable bonds is 7. The van der Waals surface area contributed by atoms with Crippen LogP contribution in [0.1, 0.15) is 40.7 Å². The van der Waals surface area contributed by atoms with Crippen molar-refractivity contribution in [3.05, 3.63) is 64.9 Å². The van der Waals surface area contributed by atoms with E-state index in [-0.39, 0.29) is 5.91 Å². The topological polar surface area (TPSA) is 85.6 Å². The summed E-state index contributed by atoms with van der Waals surface area (Å²) in [6.45, 7) is 2.77. The molecule has 0 radical (unpaired) electrons. The van der Waals surface area contributed by atoms with Gasteiger partial charge in [-0.3, -0.25) is 10.1 Å². The number of aromatic nitrogens is 5. The lowest BCUT2D eigenvalue weighted by Gasteiger charge is -2.04. The molecule has 3 heterocycles. The van der Waals surface area contributed by atoms with Crippen LogP contribution < -0.4 is 5.32 Å². The van der Waals surface area contributed by atoms with Gasteiger partial charge in [0.05, 0.1) is 18.3 Å². The minimum absolute atomic E-state index is 0.247. The van der Waals surface area contributed by atoms with Crippen molar-refractivity contribution in [1.29, 1.82) is 0 Å². The molecule has 1 amide bonds. The van der Waals surface area contributed by atoms with Crippen molar-refractivity contribution in [1.82, 2.24) is 25.0 Å². The summed E-state index contributed by atoms with van der Waals surface area (Å²) >= 11 is 1.41. The van der Waals surface area contributed by atoms with Crippen LogP contribution in [-0.4, -0.2) is 30.9 Å². The van der Waals surface area contributed by atoms with Gasteiger partial charge in [0, 0.05) is 18.0 Å². The van der Waals surface area contributed by atoms with Gasteiger partial charge in [-0.2, -0.15) is 5.10 Å². The van der Waals surface area contributed by atoms with Crippen LogP contribution in [0.5, 0.6) is 0 Å². The summed E-state index contributed by atoms with van der Waals surface area (Å²) in [6.07, 6.45) is 6.36. The molecule has 0 unspecified atom stereocenters. The van der Waals surface area contributed by atoms with Crippen molar-refractivity contribution in [2.45, 2.75) is 32.7 Å². The van der Waals surface area contributed by atoms with E-state index in [0.717, 1.165) is 40.9 Å². The molecule has 0 atom stereocenters. The quantitative estimate of drug-likeness (QED) is 0.515. The van der Waals surface area contributed by atoms with E-state index in [0.29, 0.717) is 17.2 Å². The van der Waals surface area contributed by atoms with Crippen molar-refractivity contribution in [3.63, 3.8) is 0 Å². The number of hydrogen-bond donors (Lipinski definition) is 1. The van der Waals surface area contributed by atoms with Crippen LogP contribution in [0.3, 0.4) is 0 Å². The number of amides is 1. The molecular formula is C20H20N6OS. The highest BCUT2D eigenvalue weighted by molar-refractivity contribution is 7.15. The monoisotopic (exact) mass is 392 g/mol. The smallest absolute Gasteiger partial charge is 0.259 e. The molecule has 4 aromatic rings. The average Bonchev–Trinajstić information content (AvgIpc) is 3.33. The molecule has 4 rings (SSSR count). The van der Waals surface area contributed by atoms with E-state index in [1.165, 1.54) is 11.3 Å². The van der Waals surface area contributed by atoms with Gasteiger partial charge in [0.15, 0.2) is 5.65 Å². The van der Waals surface area contributed by atoms with Crippen LogP contribution in [0, 0.1) is 0 Å². The second kappa shape index (κ2) is 8.26. The number of nitrogens with one attached hydrogen (secondary N) is 1. The number of fused-ring (bicyclic) bond motifs is 1. The number of benzene rings is 1. The number of anilines is 1. The normalized spacial score (nSPS) is 11.0. The van der Waals surface area contributed by atoms with Gasteiger partial charge in [-0.25, -0.2) is 9.67 Å². The number of nitrogens with zero attached hydrogens (tertiary/aromatic N) is 5. The lowest BCUT2D eigenvalue weighted by Crippen LogP contribution is -2.12. The summed E-state index contributed by atoms with van der Waals surface area (Å²) in [7, 11) is 0. The van der Waals surface area contributed by atoms with Gasteiger partial charge in [0.1, 0.15) is 5.01 Å². The third-order valence-corrected chi connectivity index (χ3v) is 5.24. The first-order chi connectivity index (χ1) is 13.7. The largest absolute Gasteiger partial charge is 0.296 e. The first-order valence-electron chi connectivity index (χ1n) is 9.22. The molecule has 0 aliphatic carbocycles. The van der Waals surface area contributed by atoms with Gasteiger partial charge in [-0.15, -0.1) is 10.2 Å². The van der Waals surface area contributed by atoms with Crippen LogP contribution in [0.2, 0.25) is 0 Å². The van der Waals surface area contributed by atoms with Crippen LogP contribution in [-0.2, 0) is 13.0 Å². The molecule has 0 saturated heterocycles. The molecule has 1 N–H and O–H groups in total. The maximum absolute atomic E-state index is 12.5. The molecule has 28 heavy (non-hydrogen) atoms. The van der Waals surface area contributed by atoms with Gasteiger partial charge in [0.2, 0.25) is 5.13 Å². The molecule has 0 saturated carbocycles. The van der Waals surface area contributed by atoms with Gasteiger partial charge in [-0.05, 0) is 18.1 Å². The van der Waals surface area contributed by atoms with Crippen molar-refractivity contribution in [3.8, 4) is 0 Å². The summed E-state index contributed by atoms with van der Waals surface area (Å²) in [4.78, 5) is 17.0. The van der Waals surface area contributed by atoms with E-state index < -0.39 is 0 Å². The highest BCUT2D eigenvalue weighted by Gasteiger charge is 2.13. The molecule has 1 aromatic carbocycles. The molecule has 0 bridgehead atoms. The van der Waals surface area contributed by atoms with Gasteiger partial charge in [-0.1, -0.05) is 55.0 Å². The Hall–Kier alpha value is -3.13. The second-order valence-electron chi connectivity index (χ2n) is 6.48. The Bertz CT molecular complexity index is 1090. The van der Waals surface area contributed by atoms with Crippen molar-refractivity contribution in [2.24, 2.45) is 0 Å². The lowest BCUT2D eigenvalue weighted by atomic mass is 10.2. The fraction of sp³-hybridized carbons (Fsp3) is 0.250. The molecule has 3 aromatic heterocycles. The number of carbonyl (C=O) groups is 1. The zero-order valence-corrected chi connectivity index (χ0v) is 16.3. The molecule has 0 aliphatic heterocycles. The Morgan fingerprint density at radius 2 is 2.04 bits per heavy atom. The maximum atomic E-state index is 12.5. The SMILES string of the molecule is CCCCc1nnc(NC(=O)c2cnc3c(cnn3Cc3ccccc3)c2)s1. The molecule has 7 nitrogen and oxygen atoms in total. The van der Waals surface area contributed by atoms with E-state index in [9.17, 15) is 4.79 Å². The van der Waals surface area contributed by atoms with Gasteiger partial charge >= 0.3 is 0 Å². The van der Waals surface area contributed by atoms with E-state index in [1.807, 2.05) is 35.0 Å². The van der Waals surface area contributed by atoms with E-state index in [1.54, 1.807) is 18.5 Å². The second-order valence-corrected chi connectivity index (χ2v) is 7.55. The number of carbonyl (C=O) groups excluding carboxylic acids is 1. The number of aryl methyl sites for hydroxylation is 1. The van der Waals surface area contributed by atoms with Crippen LogP contribution in [0.4, 0.5) is 5.13 Å². The number of hydrogen-bond acceptors (Lipinski definition) is 6. The fourth-order valence-electron chi connectivity index (χ4n) is 2.87. The first-order valence-corrected chi connectivity index (χ1v) is 10.0. The molecule has 0 spiro atoms. The van der Waals surface area contributed by atoms with Crippen LogP contribution >= 0.6 is 11.3 Å². The summed E-state index contributed by atoms with van der Waals surface area (Å²) in [5.41, 5.74) is 2.36. The highest BCUT2D eigenvalue weighted by Crippen LogP contribution is 2.19. The van der Waals surface area contributed by atoms with Gasteiger partial charge in [0.25, 0.3) is 5.91 Å². The Labute approximate surface area is 166 Å². The predicted molar refractivity (Wildman–Crippen MR) is 110 cm³/mol. The highest BCUT2D eigenvalue weighted by atomic mass is 32.1. The van der Waals surface area contributed by atoms with E-state index in [4.69, 9.17) is 0 Å². The molecule has 0 fully saturated rings. The van der Waals surface area contributed by atoms with Crippen molar-refractivity contribution >= 4 is 33.4 Å². The first kappa shape index (κ1) is 18.2. The molecule has 0 aliphatic rings. The molecule has 142 valence electrons. The number of pyridine rings is 1. The third kappa shape index (κ3) is 4.07. The Morgan fingerprint density at radius 1 is 1.18 bits per heavy atom. The minimum atomic E-state index is -0.247. The Morgan fingerprint density at radius 3 is 2.86 bits per heavy atom. The fourth-order valence-corrected chi connectivity index (χ4v) is 3.65. The van der Waals surface area contributed by atoms with Crippen molar-refractivity contribution < 1.29 is 4.79 Å². The van der Waals surface area contributed by atoms with E-state index in [2.05, 4.69) is 32.5 Å². The Balaban J connectivity index is 1.48. The van der Waals surface area contributed by atoms with Crippen molar-refractivity contribution in [2.75, 3.05) is 5.32 Å². The summed E-state index contributed by atoms with van der Waals surface area (Å²) < 4.78 is 1.83.